The van der Waals surface area contributed by atoms with Gasteiger partial charge in [-0.3, -0.25) is 0 Å². The number of hydrogen-bond acceptors (Lipinski definition) is 5. The molecule has 0 atom stereocenters. The first-order valence-corrected chi connectivity index (χ1v) is 8.91. The van der Waals surface area contributed by atoms with E-state index in [-0.39, 0.29) is 5.97 Å². The highest BCUT2D eigenvalue weighted by Crippen LogP contribution is 2.22. The molecule has 3 rings (SSSR count). The zero-order valence-corrected chi connectivity index (χ0v) is 14.5. The van der Waals surface area contributed by atoms with Crippen LogP contribution in [0.4, 0.5) is 5.69 Å². The minimum Gasteiger partial charge on any atom is -0.460 e. The third-order valence-electron chi connectivity index (χ3n) is 3.62. The number of ether oxygens (including phenoxy) is 1. The molecule has 128 valence electrons. The van der Waals surface area contributed by atoms with Crippen LogP contribution in [0.3, 0.4) is 0 Å². The number of thioether (sulfide) groups is 1. The standard InChI is InChI=1S/C19H19N3O2S/c20-16-6-8-17(9-7-16)25-14-18-21-10-11-22(18)12-13-24-19(23)15-4-2-1-3-5-15/h1-11H,12-14,20H2. The van der Waals surface area contributed by atoms with E-state index in [0.29, 0.717) is 18.7 Å². The second-order valence-electron chi connectivity index (χ2n) is 5.40. The molecule has 0 bridgehead atoms. The molecule has 5 nitrogen and oxygen atoms in total. The number of aromatic nitrogens is 2. The topological polar surface area (TPSA) is 70.1 Å². The summed E-state index contributed by atoms with van der Waals surface area (Å²) in [6.45, 7) is 0.889. The molecule has 2 aromatic carbocycles. The van der Waals surface area contributed by atoms with Gasteiger partial charge in [0.2, 0.25) is 0 Å². The largest absolute Gasteiger partial charge is 0.460 e. The fourth-order valence-corrected chi connectivity index (χ4v) is 3.15. The van der Waals surface area contributed by atoms with E-state index in [9.17, 15) is 4.79 Å². The van der Waals surface area contributed by atoms with E-state index in [2.05, 4.69) is 4.98 Å². The molecular weight excluding hydrogens is 334 g/mol. The van der Waals surface area contributed by atoms with Gasteiger partial charge < -0.3 is 15.0 Å². The van der Waals surface area contributed by atoms with Crippen molar-refractivity contribution in [3.05, 3.63) is 78.4 Å². The maximum Gasteiger partial charge on any atom is 0.338 e. The van der Waals surface area contributed by atoms with Crippen molar-refractivity contribution in [3.63, 3.8) is 0 Å². The van der Waals surface area contributed by atoms with Crippen LogP contribution in [0.25, 0.3) is 0 Å². The Morgan fingerprint density at radius 2 is 1.88 bits per heavy atom. The number of imidazole rings is 1. The smallest absolute Gasteiger partial charge is 0.338 e. The SMILES string of the molecule is Nc1ccc(SCc2nccn2CCOC(=O)c2ccccc2)cc1. The van der Waals surface area contributed by atoms with Crippen LogP contribution in [0.1, 0.15) is 16.2 Å². The Hall–Kier alpha value is -2.73. The lowest BCUT2D eigenvalue weighted by Crippen LogP contribution is -2.12. The van der Waals surface area contributed by atoms with Crippen molar-refractivity contribution in [1.29, 1.82) is 0 Å². The van der Waals surface area contributed by atoms with Gasteiger partial charge in [0, 0.05) is 23.0 Å². The van der Waals surface area contributed by atoms with Crippen molar-refractivity contribution in [2.24, 2.45) is 0 Å². The van der Waals surface area contributed by atoms with Gasteiger partial charge in [0.25, 0.3) is 0 Å². The van der Waals surface area contributed by atoms with Gasteiger partial charge in [0.05, 0.1) is 17.9 Å². The minimum atomic E-state index is -0.307. The monoisotopic (exact) mass is 353 g/mol. The number of carbonyl (C=O) groups is 1. The molecule has 6 heteroatoms. The van der Waals surface area contributed by atoms with Gasteiger partial charge in [-0.05, 0) is 36.4 Å². The summed E-state index contributed by atoms with van der Waals surface area (Å²) in [7, 11) is 0. The third kappa shape index (κ3) is 4.87. The van der Waals surface area contributed by atoms with Crippen LogP contribution in [0.5, 0.6) is 0 Å². The second kappa shape index (κ2) is 8.39. The lowest BCUT2D eigenvalue weighted by molar-refractivity contribution is 0.0490. The average Bonchev–Trinajstić information content (AvgIpc) is 3.09. The molecule has 0 spiro atoms. The Bertz CT molecular complexity index is 816. The van der Waals surface area contributed by atoms with Crippen molar-refractivity contribution in [2.75, 3.05) is 12.3 Å². The lowest BCUT2D eigenvalue weighted by atomic mass is 10.2. The highest BCUT2D eigenvalue weighted by molar-refractivity contribution is 7.98. The summed E-state index contributed by atoms with van der Waals surface area (Å²) in [6.07, 6.45) is 3.66. The molecular formula is C19H19N3O2S. The molecule has 0 fully saturated rings. The van der Waals surface area contributed by atoms with E-state index in [1.54, 1.807) is 30.1 Å². The zero-order valence-electron chi connectivity index (χ0n) is 13.7. The summed E-state index contributed by atoms with van der Waals surface area (Å²) in [6, 6.07) is 16.8. The average molecular weight is 353 g/mol. The van der Waals surface area contributed by atoms with E-state index in [4.69, 9.17) is 10.5 Å². The Balaban J connectivity index is 1.50. The summed E-state index contributed by atoms with van der Waals surface area (Å²) in [5.41, 5.74) is 7.01. The second-order valence-corrected chi connectivity index (χ2v) is 6.45. The van der Waals surface area contributed by atoms with Gasteiger partial charge in [-0.15, -0.1) is 11.8 Å². The predicted molar refractivity (Wildman–Crippen MR) is 99.4 cm³/mol. The molecule has 0 radical (unpaired) electrons. The predicted octanol–water partition coefficient (Wildman–Crippen LogP) is 3.61. The summed E-state index contributed by atoms with van der Waals surface area (Å²) in [5, 5.41) is 0. The first kappa shape index (κ1) is 17.1. The van der Waals surface area contributed by atoms with Crippen molar-refractivity contribution in [3.8, 4) is 0 Å². The van der Waals surface area contributed by atoms with Gasteiger partial charge in [-0.25, -0.2) is 9.78 Å². The Morgan fingerprint density at radius 3 is 2.64 bits per heavy atom. The Labute approximate surface area is 150 Å². The Morgan fingerprint density at radius 1 is 1.12 bits per heavy atom. The molecule has 0 amide bonds. The zero-order chi connectivity index (χ0) is 17.5. The van der Waals surface area contributed by atoms with Gasteiger partial charge in [-0.1, -0.05) is 18.2 Å². The number of rotatable bonds is 7. The van der Waals surface area contributed by atoms with Crippen LogP contribution >= 0.6 is 11.8 Å². The van der Waals surface area contributed by atoms with Crippen molar-refractivity contribution in [1.82, 2.24) is 9.55 Å². The van der Waals surface area contributed by atoms with Gasteiger partial charge >= 0.3 is 5.97 Å². The number of nitrogen functional groups attached to an aromatic ring is 1. The van der Waals surface area contributed by atoms with E-state index < -0.39 is 0 Å². The van der Waals surface area contributed by atoms with Crippen LogP contribution in [-0.4, -0.2) is 22.1 Å². The molecule has 0 aliphatic carbocycles. The number of hydrogen-bond donors (Lipinski definition) is 1. The maximum absolute atomic E-state index is 11.9. The first-order chi connectivity index (χ1) is 12.2. The molecule has 0 saturated heterocycles. The number of carbonyl (C=O) groups excluding carboxylic acids is 1. The maximum atomic E-state index is 11.9. The van der Waals surface area contributed by atoms with Gasteiger partial charge in [-0.2, -0.15) is 0 Å². The molecule has 1 heterocycles. The number of nitrogens with zero attached hydrogens (tertiary/aromatic N) is 2. The summed E-state index contributed by atoms with van der Waals surface area (Å²) in [4.78, 5) is 17.5. The van der Waals surface area contributed by atoms with Crippen molar-refractivity contribution in [2.45, 2.75) is 17.2 Å². The van der Waals surface area contributed by atoms with Crippen LogP contribution in [0, 0.1) is 0 Å². The number of esters is 1. The highest BCUT2D eigenvalue weighted by atomic mass is 32.2. The molecule has 1 aromatic heterocycles. The quantitative estimate of drug-likeness (QED) is 0.399. The molecule has 0 aliphatic heterocycles. The number of benzene rings is 2. The molecule has 3 aromatic rings. The highest BCUT2D eigenvalue weighted by Gasteiger charge is 2.08. The van der Waals surface area contributed by atoms with Crippen LogP contribution in [-0.2, 0) is 17.0 Å². The summed E-state index contributed by atoms with van der Waals surface area (Å²) >= 11 is 1.69. The van der Waals surface area contributed by atoms with E-state index in [0.717, 1.165) is 22.2 Å². The minimum absolute atomic E-state index is 0.307. The summed E-state index contributed by atoms with van der Waals surface area (Å²) < 4.78 is 7.33. The van der Waals surface area contributed by atoms with Crippen LogP contribution in [0.2, 0.25) is 0 Å². The third-order valence-corrected chi connectivity index (χ3v) is 4.63. The molecule has 0 saturated carbocycles. The van der Waals surface area contributed by atoms with E-state index in [1.807, 2.05) is 53.2 Å². The number of nitrogens with two attached hydrogens (primary N) is 1. The fourth-order valence-electron chi connectivity index (χ4n) is 2.29. The van der Waals surface area contributed by atoms with Crippen LogP contribution < -0.4 is 5.73 Å². The molecule has 25 heavy (non-hydrogen) atoms. The van der Waals surface area contributed by atoms with Gasteiger partial charge in [0.1, 0.15) is 12.4 Å². The summed E-state index contributed by atoms with van der Waals surface area (Å²) in [5.74, 6) is 1.37. The normalized spacial score (nSPS) is 10.6. The molecule has 0 aliphatic rings. The Kier molecular flexibility index (Phi) is 5.74. The number of anilines is 1. The molecule has 2 N–H and O–H groups in total. The van der Waals surface area contributed by atoms with Gasteiger partial charge in [0.15, 0.2) is 0 Å². The van der Waals surface area contributed by atoms with Crippen LogP contribution in [0.15, 0.2) is 71.9 Å². The van der Waals surface area contributed by atoms with E-state index in [1.165, 1.54) is 0 Å². The molecule has 0 unspecified atom stereocenters. The van der Waals surface area contributed by atoms with Crippen molar-refractivity contribution < 1.29 is 9.53 Å². The van der Waals surface area contributed by atoms with Crippen molar-refractivity contribution >= 4 is 23.4 Å². The lowest BCUT2D eigenvalue weighted by Gasteiger charge is -2.09. The van der Waals surface area contributed by atoms with E-state index >= 15 is 0 Å². The first-order valence-electron chi connectivity index (χ1n) is 7.93. The fraction of sp³-hybridized carbons (Fsp3) is 0.158.